The molecule has 5 aliphatic rings. The molecule has 0 saturated carbocycles. The molecule has 0 spiro atoms. The fourth-order valence-corrected chi connectivity index (χ4v) is 8.38. The summed E-state index contributed by atoms with van der Waals surface area (Å²) in [5.41, 5.74) is -2.29. The lowest BCUT2D eigenvalue weighted by molar-refractivity contribution is -0.389. The molecule has 0 unspecified atom stereocenters. The van der Waals surface area contributed by atoms with E-state index in [1.54, 1.807) is 0 Å². The summed E-state index contributed by atoms with van der Waals surface area (Å²) in [6.45, 7) is -4.11. The molecular weight excluding hydrogens is 990 g/mol. The molecule has 32 heteroatoms. The van der Waals surface area contributed by atoms with Crippen molar-refractivity contribution >= 4 is 5.69 Å². The average Bonchev–Trinajstić information content (AvgIpc) is 3.37. The largest absolute Gasteiger partial charge is 0.488 e. The van der Waals surface area contributed by atoms with Gasteiger partial charge in [-0.1, -0.05) is 0 Å². The zero-order chi connectivity index (χ0) is 53.0. The van der Waals surface area contributed by atoms with Crippen molar-refractivity contribution in [3.8, 4) is 5.75 Å². The minimum absolute atomic E-state index is 0.00668. The third-order valence-corrected chi connectivity index (χ3v) is 12.7. The van der Waals surface area contributed by atoms with Crippen LogP contribution in [0.1, 0.15) is 6.92 Å². The molecule has 32 nitrogen and oxygen atoms in total. The van der Waals surface area contributed by atoms with E-state index in [4.69, 9.17) is 52.1 Å². The highest BCUT2D eigenvalue weighted by Crippen LogP contribution is 2.35. The Morgan fingerprint density at radius 1 is 0.556 bits per heavy atom. The summed E-state index contributed by atoms with van der Waals surface area (Å²) in [7, 11) is 0. The van der Waals surface area contributed by atoms with Crippen LogP contribution in [0.4, 0.5) is 5.69 Å². The van der Waals surface area contributed by atoms with Gasteiger partial charge in [-0.25, -0.2) is 0 Å². The molecule has 27 atom stereocenters. The molecule has 5 aliphatic heterocycles. The minimum atomic E-state index is -2.33. The fraction of sp³-hybridized carbons (Fsp3) is 0.900. The lowest BCUT2D eigenvalue weighted by Crippen LogP contribution is -2.67. The Morgan fingerprint density at radius 2 is 1.01 bits per heavy atom. The van der Waals surface area contributed by atoms with Crippen LogP contribution in [0.5, 0.6) is 5.75 Å². The van der Waals surface area contributed by atoms with Crippen LogP contribution in [0, 0.1) is 0 Å². The van der Waals surface area contributed by atoms with Crippen molar-refractivity contribution in [2.24, 2.45) is 0 Å². The van der Waals surface area contributed by atoms with Gasteiger partial charge in [0.1, 0.15) is 134 Å². The number of ether oxygens (including phenoxy) is 11. The summed E-state index contributed by atoms with van der Waals surface area (Å²) in [6.07, 6.45) is -52.8. The van der Waals surface area contributed by atoms with Gasteiger partial charge in [-0.2, -0.15) is 0 Å². The molecule has 1 aromatic rings. The Bertz CT molecular complexity index is 1900. The van der Waals surface area contributed by atoms with Crippen LogP contribution in [-0.4, -0.2) is 310 Å². The number of hydrogen-bond donors (Lipinski definition) is 19. The van der Waals surface area contributed by atoms with Gasteiger partial charge in [0.25, 0.3) is 10.9 Å². The van der Waals surface area contributed by atoms with Gasteiger partial charge < -0.3 is 149 Å². The highest BCUT2D eigenvalue weighted by Gasteiger charge is 2.55. The third kappa shape index (κ3) is 12.7. The van der Waals surface area contributed by atoms with E-state index < -0.39 is 223 Å². The van der Waals surface area contributed by atoms with Gasteiger partial charge in [-0.15, -0.1) is 0 Å². The second kappa shape index (κ2) is 25.6. The van der Waals surface area contributed by atoms with Gasteiger partial charge in [0.15, 0.2) is 37.2 Å². The molecule has 5 saturated heterocycles. The normalized spacial score (nSPS) is 43.7. The molecule has 72 heavy (non-hydrogen) atoms. The quantitative estimate of drug-likeness (QED) is 0.0480. The first kappa shape index (κ1) is 58.8. The number of nitrogens with one attached hydrogen (secondary N) is 1. The van der Waals surface area contributed by atoms with Crippen LogP contribution >= 0.6 is 0 Å². The molecule has 0 radical (unpaired) electrons. The molecule has 1 aromatic carbocycles. The van der Waals surface area contributed by atoms with Crippen molar-refractivity contribution in [2.45, 2.75) is 173 Å². The topological polar surface area (TPSA) is 512 Å². The first-order valence-electron chi connectivity index (χ1n) is 22.8. The molecular formula is C40H65NO31. The Morgan fingerprint density at radius 3 is 1.50 bits per heavy atom. The smallest absolute Gasteiger partial charge is 0.272 e. The summed E-state index contributed by atoms with van der Waals surface area (Å²) < 4.78 is 61.4. The van der Waals surface area contributed by atoms with E-state index in [1.807, 2.05) is 0 Å². The van der Waals surface area contributed by atoms with Crippen LogP contribution in [0.2, 0.25) is 0 Å². The maximum atomic E-state index is 12.1. The summed E-state index contributed by atoms with van der Waals surface area (Å²) in [6, 6.07) is 0. The number of aliphatic hydroxyl groups is 18. The lowest BCUT2D eigenvalue weighted by Gasteiger charge is -2.49. The van der Waals surface area contributed by atoms with Crippen LogP contribution < -0.4 is 20.9 Å². The molecule has 416 valence electrons. The van der Waals surface area contributed by atoms with E-state index in [0.29, 0.717) is 0 Å². The van der Waals surface area contributed by atoms with Crippen LogP contribution in [-0.2, 0) is 47.4 Å². The summed E-state index contributed by atoms with van der Waals surface area (Å²) in [5, 5.41) is 194. The standard InChI is InChI=1S/C40H65NO31/c1-2-62-35-17(22(52)24(35)54)41-3-10(44)20(50)32(11(45)4-42)70-39-30(60)25(55)34(15(68-39)8-65-36-27(57)18(48)12(46)6-63-36)72-40-31(61)26(56)33(71-38-29(59)23(53)21(51)14(5-43)67-38)16(69-40)9-66-37-28(58)19(49)13(47)7-64-37/h10-16,18-21,23,25-34,36-51,53,55-61H,2-9H2,1H3/t10-,11+,12+,13+,14+,15+,16+,18-,19-,20+,21+,23-,25+,26+,27+,28+,29+,30+,31+,32+,33+,34+,36+,37+,38+,39-,40-/m0/s1. The van der Waals surface area contributed by atoms with Gasteiger partial charge in [-0.05, 0) is 6.92 Å². The molecule has 6 rings (SSSR count). The van der Waals surface area contributed by atoms with Gasteiger partial charge in [0.2, 0.25) is 0 Å². The van der Waals surface area contributed by atoms with Gasteiger partial charge in [-0.3, -0.25) is 9.59 Å². The Balaban J connectivity index is 1.24. The summed E-state index contributed by atoms with van der Waals surface area (Å²) in [5.74, 6) is -0.344. The van der Waals surface area contributed by atoms with E-state index in [9.17, 15) is 102 Å². The van der Waals surface area contributed by atoms with Crippen molar-refractivity contribution in [1.29, 1.82) is 0 Å². The van der Waals surface area contributed by atoms with Gasteiger partial charge in [0.05, 0.1) is 52.4 Å². The van der Waals surface area contributed by atoms with E-state index in [2.05, 4.69) is 5.32 Å². The average molecular weight is 1060 g/mol. The third-order valence-electron chi connectivity index (χ3n) is 12.7. The molecule has 0 aromatic heterocycles. The van der Waals surface area contributed by atoms with Crippen LogP contribution in [0.15, 0.2) is 9.59 Å². The SMILES string of the molecule is CCOc1c(NC[C@H](O)[C@@H](O)[C@H](O[C@@H]2O[C@H](CO[C@H]3OC[C@@H](O)[C@H](O)[C@H]3O)[C@@H](O[C@@H]3O[C@H](CO[C@H]4OC[C@@H](O)[C@H](O)[C@H]4O)[C@@H](O[C@H]4O[C@H](CO)[C@@H](O)[C@H](O)[C@H]4O)[C@H](O)[C@H]3O)[C@H](O)[C@H]2O)[C@H](O)CO)c(=O)c1=O. The zero-order valence-corrected chi connectivity index (χ0v) is 38.1. The number of anilines is 1. The number of hydrogen-bond acceptors (Lipinski definition) is 32. The van der Waals surface area contributed by atoms with Crippen molar-refractivity contribution < 1.29 is 144 Å². The van der Waals surface area contributed by atoms with E-state index in [-0.39, 0.29) is 18.0 Å². The Hall–Kier alpha value is -2.44. The first-order chi connectivity index (χ1) is 34.1. The van der Waals surface area contributed by atoms with Crippen molar-refractivity contribution in [3.05, 3.63) is 20.4 Å². The number of aliphatic hydroxyl groups excluding tert-OH is 18. The first-order valence-corrected chi connectivity index (χ1v) is 22.8. The predicted octanol–water partition coefficient (Wildman–Crippen LogP) is -13.1. The fourth-order valence-electron chi connectivity index (χ4n) is 8.38. The maximum Gasteiger partial charge on any atom is 0.272 e. The molecule has 5 heterocycles. The molecule has 0 bridgehead atoms. The van der Waals surface area contributed by atoms with Crippen LogP contribution in [0.25, 0.3) is 0 Å². The second-order valence-electron chi connectivity index (χ2n) is 17.7. The monoisotopic (exact) mass is 1060 g/mol. The minimum Gasteiger partial charge on any atom is -0.488 e. The van der Waals surface area contributed by atoms with E-state index in [0.717, 1.165) is 0 Å². The highest BCUT2D eigenvalue weighted by molar-refractivity contribution is 5.61. The Kier molecular flexibility index (Phi) is 20.9. The summed E-state index contributed by atoms with van der Waals surface area (Å²) in [4.78, 5) is 24.0. The van der Waals surface area contributed by atoms with E-state index in [1.165, 1.54) is 6.92 Å². The molecule has 0 aliphatic carbocycles. The Labute approximate surface area is 406 Å². The van der Waals surface area contributed by atoms with Crippen molar-refractivity contribution in [3.63, 3.8) is 0 Å². The molecule has 0 amide bonds. The van der Waals surface area contributed by atoms with Gasteiger partial charge in [0, 0.05) is 6.54 Å². The van der Waals surface area contributed by atoms with E-state index >= 15 is 0 Å². The zero-order valence-electron chi connectivity index (χ0n) is 38.1. The molecule has 19 N–H and O–H groups in total. The highest BCUT2D eigenvalue weighted by atomic mass is 16.8. The van der Waals surface area contributed by atoms with Crippen LogP contribution in [0.3, 0.4) is 0 Å². The molecule has 5 fully saturated rings. The maximum absolute atomic E-state index is 12.1. The second-order valence-corrected chi connectivity index (χ2v) is 17.7. The predicted molar refractivity (Wildman–Crippen MR) is 223 cm³/mol. The van der Waals surface area contributed by atoms with Gasteiger partial charge >= 0.3 is 0 Å². The van der Waals surface area contributed by atoms with Crippen molar-refractivity contribution in [1.82, 2.24) is 0 Å². The number of rotatable bonds is 22. The van der Waals surface area contributed by atoms with Crippen molar-refractivity contribution in [2.75, 3.05) is 58.1 Å². The lowest BCUT2D eigenvalue weighted by atomic mass is 9.95. The summed E-state index contributed by atoms with van der Waals surface area (Å²) >= 11 is 0.